The van der Waals surface area contributed by atoms with Gasteiger partial charge in [0.15, 0.2) is 0 Å². The summed E-state index contributed by atoms with van der Waals surface area (Å²) in [6.07, 6.45) is 3.11. The molecule has 0 saturated carbocycles. The van der Waals surface area contributed by atoms with E-state index >= 15 is 0 Å². The summed E-state index contributed by atoms with van der Waals surface area (Å²) in [4.78, 5) is 15.9. The number of nitrogens with one attached hydrogen (secondary N) is 1. The van der Waals surface area contributed by atoms with Crippen molar-refractivity contribution in [1.82, 2.24) is 10.4 Å². The summed E-state index contributed by atoms with van der Waals surface area (Å²) in [6, 6.07) is 9.13. The number of halogens is 1. The van der Waals surface area contributed by atoms with E-state index in [9.17, 15) is 4.79 Å². The third-order valence-electron chi connectivity index (χ3n) is 2.73. The molecule has 1 amide bonds. The maximum absolute atomic E-state index is 11.8. The number of rotatable bonds is 4. The highest BCUT2D eigenvalue weighted by atomic mass is 127. The zero-order chi connectivity index (χ0) is 15.2. The van der Waals surface area contributed by atoms with E-state index in [1.807, 2.05) is 25.1 Å². The normalized spacial score (nSPS) is 10.6. The third kappa shape index (κ3) is 4.25. The molecule has 2 rings (SSSR count). The quantitative estimate of drug-likeness (QED) is 0.492. The van der Waals surface area contributed by atoms with E-state index in [4.69, 9.17) is 4.74 Å². The standard InChI is InChI=1S/C15H14IN3O2/c1-10-3-5-12(9-17-10)15(20)19-18-8-11-4-6-14(21-2)13(16)7-11/h3-9H,1-2H3,(H,19,20)/b18-8+. The molecule has 0 bridgehead atoms. The van der Waals surface area contributed by atoms with Crippen LogP contribution in [0.5, 0.6) is 5.75 Å². The van der Waals surface area contributed by atoms with Crippen LogP contribution in [-0.2, 0) is 0 Å². The summed E-state index contributed by atoms with van der Waals surface area (Å²) in [5, 5.41) is 3.94. The van der Waals surface area contributed by atoms with Gasteiger partial charge in [-0.25, -0.2) is 5.43 Å². The number of aryl methyl sites for hydroxylation is 1. The Bertz CT molecular complexity index is 669. The summed E-state index contributed by atoms with van der Waals surface area (Å²) < 4.78 is 6.16. The first-order valence-electron chi connectivity index (χ1n) is 6.20. The van der Waals surface area contributed by atoms with Crippen molar-refractivity contribution in [3.63, 3.8) is 0 Å². The molecule has 0 atom stereocenters. The van der Waals surface area contributed by atoms with Crippen molar-refractivity contribution < 1.29 is 9.53 Å². The van der Waals surface area contributed by atoms with Crippen molar-refractivity contribution in [2.75, 3.05) is 7.11 Å². The number of carbonyl (C=O) groups excluding carboxylic acids is 1. The molecule has 108 valence electrons. The molecule has 1 aromatic carbocycles. The highest BCUT2D eigenvalue weighted by Gasteiger charge is 2.04. The maximum atomic E-state index is 11.8. The first kappa shape index (κ1) is 15.4. The first-order valence-corrected chi connectivity index (χ1v) is 7.27. The second-order valence-corrected chi connectivity index (χ2v) is 5.44. The maximum Gasteiger partial charge on any atom is 0.272 e. The fourth-order valence-corrected chi connectivity index (χ4v) is 2.35. The number of methoxy groups -OCH3 is 1. The molecule has 0 unspecified atom stereocenters. The van der Waals surface area contributed by atoms with E-state index in [0.717, 1.165) is 20.6 Å². The van der Waals surface area contributed by atoms with Gasteiger partial charge in [0.1, 0.15) is 5.75 Å². The van der Waals surface area contributed by atoms with Crippen LogP contribution in [0.2, 0.25) is 0 Å². The molecule has 0 saturated heterocycles. The van der Waals surface area contributed by atoms with Crippen molar-refractivity contribution in [3.8, 4) is 5.75 Å². The monoisotopic (exact) mass is 395 g/mol. The van der Waals surface area contributed by atoms with Crippen LogP contribution in [0.4, 0.5) is 0 Å². The highest BCUT2D eigenvalue weighted by molar-refractivity contribution is 14.1. The molecule has 21 heavy (non-hydrogen) atoms. The average Bonchev–Trinajstić information content (AvgIpc) is 2.48. The van der Waals surface area contributed by atoms with E-state index in [-0.39, 0.29) is 5.91 Å². The molecular weight excluding hydrogens is 381 g/mol. The van der Waals surface area contributed by atoms with E-state index in [1.165, 1.54) is 6.20 Å². The molecule has 6 heteroatoms. The summed E-state index contributed by atoms with van der Waals surface area (Å²) >= 11 is 2.18. The van der Waals surface area contributed by atoms with Crippen LogP contribution >= 0.6 is 22.6 Å². The van der Waals surface area contributed by atoms with Crippen LogP contribution in [0.15, 0.2) is 41.6 Å². The predicted molar refractivity (Wildman–Crippen MR) is 89.7 cm³/mol. The van der Waals surface area contributed by atoms with Crippen LogP contribution in [0.3, 0.4) is 0 Å². The van der Waals surface area contributed by atoms with Gasteiger partial charge in [0.25, 0.3) is 5.91 Å². The number of hydrogen-bond acceptors (Lipinski definition) is 4. The van der Waals surface area contributed by atoms with Crippen LogP contribution in [0.25, 0.3) is 0 Å². The van der Waals surface area contributed by atoms with Gasteiger partial charge < -0.3 is 4.74 Å². The van der Waals surface area contributed by atoms with Crippen LogP contribution in [0.1, 0.15) is 21.6 Å². The Balaban J connectivity index is 2.00. The largest absolute Gasteiger partial charge is 0.496 e. The number of ether oxygens (including phenoxy) is 1. The summed E-state index contributed by atoms with van der Waals surface area (Å²) in [6.45, 7) is 1.87. The Kier molecular flexibility index (Phi) is 5.26. The van der Waals surface area contributed by atoms with Gasteiger partial charge in [0, 0.05) is 11.9 Å². The minimum Gasteiger partial charge on any atom is -0.496 e. The topological polar surface area (TPSA) is 63.6 Å². The fourth-order valence-electron chi connectivity index (χ4n) is 1.60. The number of pyridine rings is 1. The molecule has 5 nitrogen and oxygen atoms in total. The van der Waals surface area contributed by atoms with Gasteiger partial charge in [0.05, 0.1) is 22.5 Å². The lowest BCUT2D eigenvalue weighted by molar-refractivity contribution is 0.0955. The lowest BCUT2D eigenvalue weighted by Crippen LogP contribution is -2.17. The number of hydrazone groups is 1. The summed E-state index contributed by atoms with van der Waals surface area (Å²) in [5.74, 6) is 0.518. The van der Waals surface area contributed by atoms with Gasteiger partial charge in [-0.15, -0.1) is 0 Å². The summed E-state index contributed by atoms with van der Waals surface area (Å²) in [5.41, 5.74) is 4.69. The van der Waals surface area contributed by atoms with Gasteiger partial charge in [-0.05, 0) is 65.4 Å². The van der Waals surface area contributed by atoms with Crippen molar-refractivity contribution in [2.45, 2.75) is 6.92 Å². The molecule has 1 N–H and O–H groups in total. The lowest BCUT2D eigenvalue weighted by Gasteiger charge is -2.03. The zero-order valence-electron chi connectivity index (χ0n) is 11.6. The molecule has 1 aromatic heterocycles. The van der Waals surface area contributed by atoms with Crippen molar-refractivity contribution >= 4 is 34.7 Å². The van der Waals surface area contributed by atoms with Gasteiger partial charge in [-0.1, -0.05) is 0 Å². The molecule has 2 aromatic rings. The highest BCUT2D eigenvalue weighted by Crippen LogP contribution is 2.20. The Morgan fingerprint density at radius 3 is 2.81 bits per heavy atom. The van der Waals surface area contributed by atoms with E-state index in [2.05, 4.69) is 38.1 Å². The van der Waals surface area contributed by atoms with Crippen molar-refractivity contribution in [3.05, 3.63) is 56.9 Å². The Morgan fingerprint density at radius 2 is 2.19 bits per heavy atom. The Hall–Kier alpha value is -1.96. The number of carbonyl (C=O) groups is 1. The van der Waals surface area contributed by atoms with Gasteiger partial charge >= 0.3 is 0 Å². The number of amides is 1. The molecule has 0 aliphatic rings. The fraction of sp³-hybridized carbons (Fsp3) is 0.133. The van der Waals surface area contributed by atoms with E-state index < -0.39 is 0 Å². The Morgan fingerprint density at radius 1 is 1.38 bits per heavy atom. The smallest absolute Gasteiger partial charge is 0.272 e. The van der Waals surface area contributed by atoms with Crippen molar-refractivity contribution in [2.24, 2.45) is 5.10 Å². The molecule has 1 heterocycles. The number of nitrogens with zero attached hydrogens (tertiary/aromatic N) is 2. The van der Waals surface area contributed by atoms with Crippen molar-refractivity contribution in [1.29, 1.82) is 0 Å². The molecule has 0 radical (unpaired) electrons. The average molecular weight is 395 g/mol. The zero-order valence-corrected chi connectivity index (χ0v) is 13.8. The molecular formula is C15H14IN3O2. The first-order chi connectivity index (χ1) is 10.1. The van der Waals surface area contributed by atoms with Gasteiger partial charge in [0.2, 0.25) is 0 Å². The third-order valence-corrected chi connectivity index (χ3v) is 3.57. The lowest BCUT2D eigenvalue weighted by atomic mass is 10.2. The van der Waals surface area contributed by atoms with Crippen LogP contribution in [-0.4, -0.2) is 24.2 Å². The predicted octanol–water partition coefficient (Wildman–Crippen LogP) is 2.77. The van der Waals surface area contributed by atoms with Crippen LogP contribution < -0.4 is 10.2 Å². The summed E-state index contributed by atoms with van der Waals surface area (Å²) in [7, 11) is 1.63. The second kappa shape index (κ2) is 7.16. The number of aromatic nitrogens is 1. The molecule has 0 aliphatic carbocycles. The molecule has 0 aliphatic heterocycles. The minimum atomic E-state index is -0.290. The molecule has 0 fully saturated rings. The second-order valence-electron chi connectivity index (χ2n) is 4.28. The number of benzene rings is 1. The SMILES string of the molecule is COc1ccc(/C=N/NC(=O)c2ccc(C)nc2)cc1I. The minimum absolute atomic E-state index is 0.290. The van der Waals surface area contributed by atoms with E-state index in [1.54, 1.807) is 25.5 Å². The van der Waals surface area contributed by atoms with Gasteiger partial charge in [-0.2, -0.15) is 5.10 Å². The van der Waals surface area contributed by atoms with Gasteiger partial charge in [-0.3, -0.25) is 9.78 Å². The molecule has 0 spiro atoms. The Labute approximate surface area is 136 Å². The number of hydrogen-bond donors (Lipinski definition) is 1. The van der Waals surface area contributed by atoms with E-state index in [0.29, 0.717) is 5.56 Å². The van der Waals surface area contributed by atoms with Crippen LogP contribution in [0, 0.1) is 10.5 Å².